The van der Waals surface area contributed by atoms with Crippen LogP contribution >= 0.6 is 23.4 Å². The van der Waals surface area contributed by atoms with Crippen molar-refractivity contribution in [1.82, 2.24) is 15.3 Å². The van der Waals surface area contributed by atoms with Crippen molar-refractivity contribution in [2.75, 3.05) is 25.1 Å². The van der Waals surface area contributed by atoms with Crippen molar-refractivity contribution in [2.45, 2.75) is 0 Å². The van der Waals surface area contributed by atoms with Crippen LogP contribution in [0.1, 0.15) is 5.56 Å². The third kappa shape index (κ3) is 6.24. The van der Waals surface area contributed by atoms with Crippen molar-refractivity contribution in [3.63, 3.8) is 0 Å². The molecule has 0 saturated carbocycles. The third-order valence-corrected chi connectivity index (χ3v) is 5.57. The molecule has 1 aliphatic rings. The smallest absolute Gasteiger partial charge is 0.290 e. The molecule has 0 atom stereocenters. The Morgan fingerprint density at radius 3 is 2.48 bits per heavy atom. The number of rotatable bonds is 8. The van der Waals surface area contributed by atoms with Crippen molar-refractivity contribution in [2.24, 2.45) is 0 Å². The number of nitrogens with one attached hydrogen (secondary N) is 1. The van der Waals surface area contributed by atoms with Crippen molar-refractivity contribution < 1.29 is 19.1 Å². The van der Waals surface area contributed by atoms with Gasteiger partial charge in [0.25, 0.3) is 11.1 Å². The van der Waals surface area contributed by atoms with E-state index in [9.17, 15) is 9.59 Å². The van der Waals surface area contributed by atoms with Gasteiger partial charge in [0.1, 0.15) is 18.1 Å². The summed E-state index contributed by atoms with van der Waals surface area (Å²) in [7, 11) is 1.87. The Labute approximate surface area is 199 Å². The number of carbonyl (C=O) groups is 2. The molecule has 33 heavy (non-hydrogen) atoms. The van der Waals surface area contributed by atoms with Gasteiger partial charge in [0.15, 0.2) is 0 Å². The molecule has 8 nitrogen and oxygen atoms in total. The van der Waals surface area contributed by atoms with Crippen LogP contribution in [0.3, 0.4) is 0 Å². The summed E-state index contributed by atoms with van der Waals surface area (Å²) in [5.41, 5.74) is 0.803. The van der Waals surface area contributed by atoms with E-state index in [2.05, 4.69) is 15.3 Å². The Balaban J connectivity index is 1.29. The maximum Gasteiger partial charge on any atom is 0.290 e. The lowest BCUT2D eigenvalue weighted by Gasteiger charge is -2.17. The molecule has 1 saturated heterocycles. The minimum absolute atomic E-state index is 0.360. The van der Waals surface area contributed by atoms with E-state index in [0.717, 1.165) is 17.3 Å². The van der Waals surface area contributed by atoms with Gasteiger partial charge in [-0.05, 0) is 59.8 Å². The van der Waals surface area contributed by atoms with Gasteiger partial charge in [0.05, 0.1) is 11.4 Å². The number of hydrogen-bond acceptors (Lipinski definition) is 8. The van der Waals surface area contributed by atoms with Gasteiger partial charge in [-0.1, -0.05) is 23.7 Å². The molecule has 2 heterocycles. The van der Waals surface area contributed by atoms with E-state index in [0.29, 0.717) is 46.4 Å². The molecule has 1 aliphatic heterocycles. The van der Waals surface area contributed by atoms with Crippen molar-refractivity contribution in [3.05, 3.63) is 76.3 Å². The van der Waals surface area contributed by atoms with Crippen LogP contribution in [-0.2, 0) is 4.79 Å². The molecule has 2 amide bonds. The number of hydrogen-bond donors (Lipinski definition) is 1. The van der Waals surface area contributed by atoms with Gasteiger partial charge in [-0.2, -0.15) is 4.98 Å². The van der Waals surface area contributed by atoms with Gasteiger partial charge in [-0.3, -0.25) is 14.9 Å². The first kappa shape index (κ1) is 22.6. The number of likely N-dealkylation sites (N-methyl/N-ethyl adjacent to an activating group) is 1. The summed E-state index contributed by atoms with van der Waals surface area (Å²) in [6, 6.07) is 16.0. The monoisotopic (exact) mass is 482 g/mol. The lowest BCUT2D eigenvalue weighted by Crippen LogP contribution is -2.25. The molecule has 10 heteroatoms. The number of carbonyl (C=O) groups excluding carboxylic acids is 2. The lowest BCUT2D eigenvalue weighted by atomic mass is 10.2. The SMILES string of the molecule is CN(CCOc1ccc(/C=C2\SC(=O)NC2=O)cc1)c1nccc(Oc2ccc(Cl)cc2)n1. The zero-order valence-electron chi connectivity index (χ0n) is 17.5. The molecule has 1 fully saturated rings. The number of ether oxygens (including phenoxy) is 2. The van der Waals surface area contributed by atoms with Crippen LogP contribution in [0, 0.1) is 0 Å². The van der Waals surface area contributed by atoms with Gasteiger partial charge in [0, 0.05) is 24.3 Å². The first-order valence-electron chi connectivity index (χ1n) is 9.91. The van der Waals surface area contributed by atoms with Crippen LogP contribution in [0.2, 0.25) is 5.02 Å². The summed E-state index contributed by atoms with van der Waals surface area (Å²) in [6.45, 7) is 0.963. The molecule has 1 N–H and O–H groups in total. The van der Waals surface area contributed by atoms with E-state index in [4.69, 9.17) is 21.1 Å². The first-order valence-corrected chi connectivity index (χ1v) is 11.1. The predicted molar refractivity (Wildman–Crippen MR) is 128 cm³/mol. The fraction of sp³-hybridized carbons (Fsp3) is 0.130. The average Bonchev–Trinajstić information content (AvgIpc) is 3.13. The number of aromatic nitrogens is 2. The number of nitrogens with zero attached hydrogens (tertiary/aromatic N) is 3. The number of benzene rings is 2. The molecular weight excluding hydrogens is 464 g/mol. The molecule has 0 bridgehead atoms. The molecule has 0 radical (unpaired) electrons. The topological polar surface area (TPSA) is 93.7 Å². The van der Waals surface area contributed by atoms with Crippen molar-refractivity contribution in [3.8, 4) is 17.4 Å². The summed E-state index contributed by atoms with van der Waals surface area (Å²) < 4.78 is 11.5. The van der Waals surface area contributed by atoms with Gasteiger partial charge >= 0.3 is 0 Å². The number of imide groups is 1. The Morgan fingerprint density at radius 2 is 1.79 bits per heavy atom. The van der Waals surface area contributed by atoms with Crippen molar-refractivity contribution in [1.29, 1.82) is 0 Å². The molecule has 168 valence electrons. The van der Waals surface area contributed by atoms with Crippen LogP contribution in [0.25, 0.3) is 6.08 Å². The zero-order valence-corrected chi connectivity index (χ0v) is 19.1. The van der Waals surface area contributed by atoms with E-state index < -0.39 is 0 Å². The molecule has 4 rings (SSSR count). The molecule has 2 aromatic carbocycles. The standard InChI is InChI=1S/C23H19ClN4O4S/c1-28(22-25-11-10-20(26-22)32-18-8-4-16(24)5-9-18)12-13-31-17-6-2-15(3-7-17)14-19-21(29)27-23(30)33-19/h2-11,14H,12-13H2,1H3,(H,27,29,30)/b19-14-. The quantitative estimate of drug-likeness (QED) is 0.459. The van der Waals surface area contributed by atoms with Crippen LogP contribution in [0.15, 0.2) is 65.7 Å². The Hall–Kier alpha value is -3.56. The van der Waals surface area contributed by atoms with Crippen LogP contribution < -0.4 is 19.7 Å². The fourth-order valence-electron chi connectivity index (χ4n) is 2.83. The number of amides is 2. The Kier molecular flexibility index (Phi) is 7.11. The van der Waals surface area contributed by atoms with Crippen LogP contribution in [-0.4, -0.2) is 41.3 Å². The zero-order chi connectivity index (χ0) is 23.2. The third-order valence-electron chi connectivity index (χ3n) is 4.51. The molecular formula is C23H19ClN4O4S. The van der Waals surface area contributed by atoms with E-state index in [1.807, 2.05) is 36.2 Å². The largest absolute Gasteiger partial charge is 0.492 e. The van der Waals surface area contributed by atoms with E-state index >= 15 is 0 Å². The summed E-state index contributed by atoms with van der Waals surface area (Å²) in [4.78, 5) is 33.8. The van der Waals surface area contributed by atoms with E-state index in [1.165, 1.54) is 0 Å². The van der Waals surface area contributed by atoms with Gasteiger partial charge in [0.2, 0.25) is 11.8 Å². The molecule has 1 aromatic heterocycles. The minimum Gasteiger partial charge on any atom is -0.492 e. The number of anilines is 1. The fourth-order valence-corrected chi connectivity index (χ4v) is 3.64. The predicted octanol–water partition coefficient (Wildman–Crippen LogP) is 4.76. The second-order valence-corrected chi connectivity index (χ2v) is 8.39. The lowest BCUT2D eigenvalue weighted by molar-refractivity contribution is -0.115. The summed E-state index contributed by atoms with van der Waals surface area (Å²) in [6.07, 6.45) is 3.30. The summed E-state index contributed by atoms with van der Waals surface area (Å²) >= 11 is 6.79. The van der Waals surface area contributed by atoms with Crippen molar-refractivity contribution >= 4 is 46.5 Å². The summed E-state index contributed by atoms with van der Waals surface area (Å²) in [5, 5.41) is 2.51. The van der Waals surface area contributed by atoms with Gasteiger partial charge < -0.3 is 14.4 Å². The summed E-state index contributed by atoms with van der Waals surface area (Å²) in [5.74, 6) is 1.88. The first-order chi connectivity index (χ1) is 16.0. The number of thioether (sulfide) groups is 1. The van der Waals surface area contributed by atoms with Crippen LogP contribution in [0.4, 0.5) is 10.7 Å². The highest BCUT2D eigenvalue weighted by Gasteiger charge is 2.24. The molecule has 0 spiro atoms. The van der Waals surface area contributed by atoms with E-state index in [-0.39, 0.29) is 11.1 Å². The van der Waals surface area contributed by atoms with E-state index in [1.54, 1.807) is 42.6 Å². The molecule has 3 aromatic rings. The Bertz CT molecular complexity index is 1190. The number of halogens is 1. The Morgan fingerprint density at radius 1 is 1.06 bits per heavy atom. The highest BCUT2D eigenvalue weighted by molar-refractivity contribution is 8.18. The maximum atomic E-state index is 11.6. The second-order valence-electron chi connectivity index (χ2n) is 6.94. The highest BCUT2D eigenvalue weighted by atomic mass is 35.5. The average molecular weight is 483 g/mol. The highest BCUT2D eigenvalue weighted by Crippen LogP contribution is 2.26. The van der Waals surface area contributed by atoms with Crippen LogP contribution in [0.5, 0.6) is 17.4 Å². The second kappa shape index (κ2) is 10.4. The minimum atomic E-state index is -0.377. The molecule has 0 unspecified atom stereocenters. The molecule has 0 aliphatic carbocycles. The van der Waals surface area contributed by atoms with Gasteiger partial charge in [-0.25, -0.2) is 4.98 Å². The maximum absolute atomic E-state index is 11.6. The van der Waals surface area contributed by atoms with Gasteiger partial charge in [-0.15, -0.1) is 0 Å². The normalized spacial score (nSPS) is 14.3.